The molecule has 0 saturated carbocycles. The quantitative estimate of drug-likeness (QED) is 0.413. The summed E-state index contributed by atoms with van der Waals surface area (Å²) in [4.78, 5) is 0. The molecule has 0 amide bonds. The molecule has 4 rings (SSSR count). The van der Waals surface area contributed by atoms with E-state index >= 15 is 0 Å². The molecule has 1 aromatic heterocycles. The SMILES string of the molecule is Cc1ccc(-n2c(SCc3ccccc3)nnc2-c2ccccc2)cc1C. The normalized spacial score (nSPS) is 10.9. The highest BCUT2D eigenvalue weighted by Crippen LogP contribution is 2.30. The molecule has 0 aliphatic rings. The van der Waals surface area contributed by atoms with Gasteiger partial charge in [0, 0.05) is 11.3 Å². The zero-order valence-electron chi connectivity index (χ0n) is 15.5. The van der Waals surface area contributed by atoms with Gasteiger partial charge >= 0.3 is 0 Å². The molecule has 0 saturated heterocycles. The average molecular weight is 372 g/mol. The van der Waals surface area contributed by atoms with E-state index in [0.29, 0.717) is 0 Å². The molecular weight excluding hydrogens is 350 g/mol. The molecule has 3 nitrogen and oxygen atoms in total. The van der Waals surface area contributed by atoms with Crippen LogP contribution in [-0.4, -0.2) is 14.8 Å². The van der Waals surface area contributed by atoms with Gasteiger partial charge in [-0.3, -0.25) is 4.57 Å². The van der Waals surface area contributed by atoms with E-state index in [9.17, 15) is 0 Å². The van der Waals surface area contributed by atoms with Crippen molar-refractivity contribution >= 4 is 11.8 Å². The van der Waals surface area contributed by atoms with Gasteiger partial charge in [-0.2, -0.15) is 0 Å². The van der Waals surface area contributed by atoms with Crippen molar-refractivity contribution in [3.05, 3.63) is 95.6 Å². The fraction of sp³-hybridized carbons (Fsp3) is 0.130. The van der Waals surface area contributed by atoms with Crippen molar-refractivity contribution in [2.24, 2.45) is 0 Å². The Morgan fingerprint density at radius 2 is 1.48 bits per heavy atom. The van der Waals surface area contributed by atoms with Crippen molar-refractivity contribution in [2.45, 2.75) is 24.8 Å². The summed E-state index contributed by atoms with van der Waals surface area (Å²) in [6, 6.07) is 27.2. The van der Waals surface area contributed by atoms with E-state index in [1.807, 2.05) is 24.3 Å². The van der Waals surface area contributed by atoms with E-state index in [1.54, 1.807) is 11.8 Å². The first-order valence-corrected chi connectivity index (χ1v) is 9.96. The lowest BCUT2D eigenvalue weighted by atomic mass is 10.1. The van der Waals surface area contributed by atoms with Gasteiger partial charge < -0.3 is 0 Å². The third-order valence-electron chi connectivity index (χ3n) is 4.62. The standard InChI is InChI=1S/C23H21N3S/c1-17-13-14-21(15-18(17)2)26-22(20-11-7-4-8-12-20)24-25-23(26)27-16-19-9-5-3-6-10-19/h3-15H,16H2,1-2H3. The summed E-state index contributed by atoms with van der Waals surface area (Å²) < 4.78 is 2.16. The summed E-state index contributed by atoms with van der Waals surface area (Å²) in [6.45, 7) is 4.27. The fourth-order valence-electron chi connectivity index (χ4n) is 2.96. The van der Waals surface area contributed by atoms with E-state index in [0.717, 1.165) is 28.0 Å². The molecule has 0 aliphatic carbocycles. The van der Waals surface area contributed by atoms with E-state index in [-0.39, 0.29) is 0 Å². The molecule has 0 radical (unpaired) electrons. The molecule has 1 heterocycles. The van der Waals surface area contributed by atoms with Crippen LogP contribution < -0.4 is 0 Å². The second-order valence-electron chi connectivity index (χ2n) is 6.55. The number of thioether (sulfide) groups is 1. The number of rotatable bonds is 5. The minimum Gasteiger partial charge on any atom is -0.270 e. The Morgan fingerprint density at radius 1 is 0.778 bits per heavy atom. The summed E-state index contributed by atoms with van der Waals surface area (Å²) in [5, 5.41) is 9.93. The van der Waals surface area contributed by atoms with Crippen LogP contribution in [0.3, 0.4) is 0 Å². The highest BCUT2D eigenvalue weighted by Gasteiger charge is 2.16. The van der Waals surface area contributed by atoms with Gasteiger partial charge in [-0.05, 0) is 42.7 Å². The molecule has 0 N–H and O–H groups in total. The lowest BCUT2D eigenvalue weighted by molar-refractivity contribution is 0.884. The Morgan fingerprint density at radius 3 is 2.19 bits per heavy atom. The fourth-order valence-corrected chi connectivity index (χ4v) is 3.86. The third-order valence-corrected chi connectivity index (χ3v) is 5.62. The Balaban J connectivity index is 1.77. The van der Waals surface area contributed by atoms with Crippen molar-refractivity contribution in [1.29, 1.82) is 0 Å². The summed E-state index contributed by atoms with van der Waals surface area (Å²) in [5.74, 6) is 1.73. The Kier molecular flexibility index (Phi) is 5.07. The molecule has 4 aromatic rings. The van der Waals surface area contributed by atoms with Gasteiger partial charge in [-0.15, -0.1) is 10.2 Å². The van der Waals surface area contributed by atoms with Crippen LogP contribution in [0, 0.1) is 13.8 Å². The van der Waals surface area contributed by atoms with Crippen LogP contribution in [0.4, 0.5) is 0 Å². The highest BCUT2D eigenvalue weighted by atomic mass is 32.2. The molecule has 0 fully saturated rings. The molecule has 0 spiro atoms. The molecule has 3 aromatic carbocycles. The van der Waals surface area contributed by atoms with Gasteiger partial charge in [0.05, 0.1) is 5.69 Å². The lowest BCUT2D eigenvalue weighted by Gasteiger charge is -2.12. The maximum Gasteiger partial charge on any atom is 0.196 e. The van der Waals surface area contributed by atoms with Crippen LogP contribution in [-0.2, 0) is 5.75 Å². The smallest absolute Gasteiger partial charge is 0.196 e. The van der Waals surface area contributed by atoms with Crippen LogP contribution in [0.5, 0.6) is 0 Å². The minimum atomic E-state index is 0.860. The monoisotopic (exact) mass is 371 g/mol. The molecular formula is C23H21N3S. The Bertz CT molecular complexity index is 1040. The van der Waals surface area contributed by atoms with Gasteiger partial charge in [0.15, 0.2) is 11.0 Å². The molecule has 0 unspecified atom stereocenters. The highest BCUT2D eigenvalue weighted by molar-refractivity contribution is 7.98. The summed E-state index contributed by atoms with van der Waals surface area (Å²) in [7, 11) is 0. The summed E-state index contributed by atoms with van der Waals surface area (Å²) in [6.07, 6.45) is 0. The first-order valence-electron chi connectivity index (χ1n) is 8.97. The van der Waals surface area contributed by atoms with Gasteiger partial charge in [0.1, 0.15) is 0 Å². The molecule has 134 valence electrons. The zero-order valence-corrected chi connectivity index (χ0v) is 16.3. The second-order valence-corrected chi connectivity index (χ2v) is 7.49. The molecule has 0 aliphatic heterocycles. The van der Waals surface area contributed by atoms with Crippen LogP contribution in [0.15, 0.2) is 84.0 Å². The Labute approximate surface area is 164 Å². The number of hydrogen-bond acceptors (Lipinski definition) is 3. The van der Waals surface area contributed by atoms with Crippen molar-refractivity contribution in [3.63, 3.8) is 0 Å². The Hall–Kier alpha value is -2.85. The van der Waals surface area contributed by atoms with Crippen LogP contribution in [0.2, 0.25) is 0 Å². The van der Waals surface area contributed by atoms with Gasteiger partial charge in [-0.25, -0.2) is 0 Å². The number of nitrogens with zero attached hydrogens (tertiary/aromatic N) is 3. The molecule has 0 atom stereocenters. The van der Waals surface area contributed by atoms with Crippen molar-refractivity contribution in [2.75, 3.05) is 0 Å². The average Bonchev–Trinajstić information content (AvgIpc) is 3.14. The van der Waals surface area contributed by atoms with Gasteiger partial charge in [-0.1, -0.05) is 78.5 Å². The number of aryl methyl sites for hydroxylation is 2. The van der Waals surface area contributed by atoms with E-state index < -0.39 is 0 Å². The lowest BCUT2D eigenvalue weighted by Crippen LogP contribution is -2.01. The summed E-state index contributed by atoms with van der Waals surface area (Å²) in [5.41, 5.74) is 5.98. The predicted octanol–water partition coefficient (Wildman–Crippen LogP) is 5.84. The zero-order chi connectivity index (χ0) is 18.6. The second kappa shape index (κ2) is 7.80. The largest absolute Gasteiger partial charge is 0.270 e. The topological polar surface area (TPSA) is 30.7 Å². The molecule has 0 bridgehead atoms. The van der Waals surface area contributed by atoms with Gasteiger partial charge in [0.25, 0.3) is 0 Å². The van der Waals surface area contributed by atoms with E-state index in [2.05, 4.69) is 83.2 Å². The van der Waals surface area contributed by atoms with E-state index in [4.69, 9.17) is 0 Å². The van der Waals surface area contributed by atoms with Crippen molar-refractivity contribution in [3.8, 4) is 17.1 Å². The van der Waals surface area contributed by atoms with Crippen molar-refractivity contribution in [1.82, 2.24) is 14.8 Å². The third kappa shape index (κ3) is 3.81. The maximum absolute atomic E-state index is 4.52. The summed E-state index contributed by atoms with van der Waals surface area (Å²) >= 11 is 1.71. The molecule has 27 heavy (non-hydrogen) atoms. The van der Waals surface area contributed by atoms with Crippen LogP contribution in [0.1, 0.15) is 16.7 Å². The van der Waals surface area contributed by atoms with Gasteiger partial charge in [0.2, 0.25) is 0 Å². The predicted molar refractivity (Wildman–Crippen MR) is 112 cm³/mol. The number of benzene rings is 3. The van der Waals surface area contributed by atoms with Crippen LogP contribution >= 0.6 is 11.8 Å². The minimum absolute atomic E-state index is 0.860. The first-order chi connectivity index (χ1) is 13.2. The first kappa shape index (κ1) is 17.6. The number of hydrogen-bond donors (Lipinski definition) is 0. The van der Waals surface area contributed by atoms with Crippen molar-refractivity contribution < 1.29 is 0 Å². The van der Waals surface area contributed by atoms with E-state index in [1.165, 1.54) is 16.7 Å². The molecule has 4 heteroatoms. The maximum atomic E-state index is 4.52. The van der Waals surface area contributed by atoms with Crippen LogP contribution in [0.25, 0.3) is 17.1 Å². The number of aromatic nitrogens is 3.